The molecule has 0 radical (unpaired) electrons. The predicted molar refractivity (Wildman–Crippen MR) is 104 cm³/mol. The maximum atomic E-state index is 13.5. The highest BCUT2D eigenvalue weighted by Crippen LogP contribution is 2.30. The first-order valence-corrected chi connectivity index (χ1v) is 8.71. The normalized spacial score (nSPS) is 10.5. The number of hydrogen-bond donors (Lipinski definition) is 2. The molecule has 0 aliphatic carbocycles. The molecule has 2 amide bonds. The fourth-order valence-electron chi connectivity index (χ4n) is 2.27. The molecule has 0 heterocycles. The lowest BCUT2D eigenvalue weighted by Gasteiger charge is -2.12. The summed E-state index contributed by atoms with van der Waals surface area (Å²) < 4.78 is 24.5. The van der Waals surface area contributed by atoms with E-state index in [0.29, 0.717) is 23.7 Å². The quantitative estimate of drug-likeness (QED) is 0.393. The molecule has 8 heteroatoms. The van der Waals surface area contributed by atoms with Crippen molar-refractivity contribution in [3.63, 3.8) is 0 Å². The highest BCUT2D eigenvalue weighted by molar-refractivity contribution is 6.03. The van der Waals surface area contributed by atoms with Crippen molar-refractivity contribution in [2.75, 3.05) is 19.0 Å². The third-order valence-electron chi connectivity index (χ3n) is 3.54. The monoisotopic (exact) mass is 387 g/mol. The number of rotatable bonds is 9. The topological polar surface area (TPSA) is 89.0 Å². The Morgan fingerprint density at radius 1 is 1.14 bits per heavy atom. The van der Waals surface area contributed by atoms with Crippen LogP contribution >= 0.6 is 0 Å². The second kappa shape index (κ2) is 10.7. The fraction of sp³-hybridized carbons (Fsp3) is 0.250. The van der Waals surface area contributed by atoms with Crippen LogP contribution in [0.1, 0.15) is 25.3 Å². The number of methoxy groups -OCH3 is 1. The van der Waals surface area contributed by atoms with Gasteiger partial charge in [0, 0.05) is 5.56 Å². The van der Waals surface area contributed by atoms with E-state index >= 15 is 0 Å². The number of para-hydroxylation sites is 2. The van der Waals surface area contributed by atoms with Gasteiger partial charge in [-0.1, -0.05) is 25.1 Å². The van der Waals surface area contributed by atoms with E-state index in [2.05, 4.69) is 15.8 Å². The van der Waals surface area contributed by atoms with Gasteiger partial charge in [-0.05, 0) is 30.7 Å². The van der Waals surface area contributed by atoms with Gasteiger partial charge in [0.05, 0.1) is 25.6 Å². The maximum Gasteiger partial charge on any atom is 0.249 e. The van der Waals surface area contributed by atoms with E-state index < -0.39 is 24.1 Å². The van der Waals surface area contributed by atoms with Gasteiger partial charge in [0.25, 0.3) is 0 Å². The summed E-state index contributed by atoms with van der Waals surface area (Å²) in [5, 5.41) is 6.18. The fourth-order valence-corrected chi connectivity index (χ4v) is 2.27. The first kappa shape index (κ1) is 20.9. The van der Waals surface area contributed by atoms with Gasteiger partial charge in [-0.25, -0.2) is 9.82 Å². The molecule has 0 saturated carbocycles. The molecular weight excluding hydrogens is 365 g/mol. The molecule has 0 spiro atoms. The zero-order valence-electron chi connectivity index (χ0n) is 15.7. The van der Waals surface area contributed by atoms with E-state index in [0.717, 1.165) is 6.42 Å². The summed E-state index contributed by atoms with van der Waals surface area (Å²) in [5.41, 5.74) is 2.89. The average Bonchev–Trinajstić information content (AvgIpc) is 2.68. The number of benzene rings is 2. The number of amides is 2. The average molecular weight is 387 g/mol. The van der Waals surface area contributed by atoms with Crippen LogP contribution < -0.4 is 20.2 Å². The maximum absolute atomic E-state index is 13.5. The summed E-state index contributed by atoms with van der Waals surface area (Å²) >= 11 is 0. The van der Waals surface area contributed by atoms with Crippen LogP contribution in [-0.2, 0) is 9.59 Å². The third-order valence-corrected chi connectivity index (χ3v) is 3.54. The highest BCUT2D eigenvalue weighted by atomic mass is 19.1. The van der Waals surface area contributed by atoms with Crippen molar-refractivity contribution in [1.82, 2.24) is 5.43 Å². The summed E-state index contributed by atoms with van der Waals surface area (Å²) in [6, 6.07) is 11.0. The number of hydrazone groups is 1. The molecule has 2 N–H and O–H groups in total. The van der Waals surface area contributed by atoms with Crippen molar-refractivity contribution in [2.24, 2.45) is 5.10 Å². The van der Waals surface area contributed by atoms with Crippen LogP contribution in [0.3, 0.4) is 0 Å². The molecule has 0 aliphatic heterocycles. The lowest BCUT2D eigenvalue weighted by molar-refractivity contribution is -0.126. The SMILES string of the molecule is CCCOc1c(C=NNC(=O)CC(=O)Nc2ccccc2F)cccc1OC. The van der Waals surface area contributed by atoms with Crippen LogP contribution in [0.5, 0.6) is 11.5 Å². The van der Waals surface area contributed by atoms with Gasteiger partial charge < -0.3 is 14.8 Å². The summed E-state index contributed by atoms with van der Waals surface area (Å²) in [5.74, 6) is -0.794. The minimum absolute atomic E-state index is 0.0119. The zero-order chi connectivity index (χ0) is 20.4. The molecule has 0 aromatic heterocycles. The smallest absolute Gasteiger partial charge is 0.249 e. The Morgan fingerprint density at radius 3 is 2.64 bits per heavy atom. The van der Waals surface area contributed by atoms with Crippen LogP contribution in [0.15, 0.2) is 47.6 Å². The van der Waals surface area contributed by atoms with Crippen molar-refractivity contribution in [3.8, 4) is 11.5 Å². The Morgan fingerprint density at radius 2 is 1.93 bits per heavy atom. The number of carbonyl (C=O) groups is 2. The number of nitrogens with one attached hydrogen (secondary N) is 2. The molecule has 0 unspecified atom stereocenters. The molecule has 28 heavy (non-hydrogen) atoms. The van der Waals surface area contributed by atoms with E-state index in [1.54, 1.807) is 24.3 Å². The first-order chi connectivity index (χ1) is 13.5. The number of halogens is 1. The van der Waals surface area contributed by atoms with Crippen molar-refractivity contribution >= 4 is 23.7 Å². The van der Waals surface area contributed by atoms with E-state index in [4.69, 9.17) is 9.47 Å². The van der Waals surface area contributed by atoms with E-state index in [1.165, 1.54) is 31.5 Å². The van der Waals surface area contributed by atoms with Gasteiger partial charge >= 0.3 is 0 Å². The molecule has 0 fully saturated rings. The Bertz CT molecular complexity index is 855. The van der Waals surface area contributed by atoms with Crippen LogP contribution in [0.4, 0.5) is 10.1 Å². The van der Waals surface area contributed by atoms with Gasteiger partial charge in [-0.2, -0.15) is 5.10 Å². The van der Waals surface area contributed by atoms with E-state index in [9.17, 15) is 14.0 Å². The Labute approximate surface area is 162 Å². The second-order valence-electron chi connectivity index (χ2n) is 5.73. The highest BCUT2D eigenvalue weighted by Gasteiger charge is 2.12. The third kappa shape index (κ3) is 6.08. The van der Waals surface area contributed by atoms with Gasteiger partial charge in [-0.15, -0.1) is 0 Å². The lowest BCUT2D eigenvalue weighted by atomic mass is 10.2. The molecule has 2 aromatic carbocycles. The summed E-state index contributed by atoms with van der Waals surface area (Å²) in [7, 11) is 1.53. The number of ether oxygens (including phenoxy) is 2. The summed E-state index contributed by atoms with van der Waals surface area (Å²) in [6.07, 6.45) is 1.73. The predicted octanol–water partition coefficient (Wildman–Crippen LogP) is 3.10. The standard InChI is InChI=1S/C20H22FN3O4/c1-3-11-28-20-14(7-6-10-17(20)27-2)13-22-24-19(26)12-18(25)23-16-9-5-4-8-15(16)21/h4-10,13H,3,11-12H2,1-2H3,(H,23,25)(H,24,26). The summed E-state index contributed by atoms with van der Waals surface area (Å²) in [6.45, 7) is 2.49. The Balaban J connectivity index is 1.94. The number of carbonyl (C=O) groups excluding carboxylic acids is 2. The molecule has 2 rings (SSSR count). The summed E-state index contributed by atoms with van der Waals surface area (Å²) in [4.78, 5) is 23.7. The molecule has 2 aromatic rings. The molecule has 0 aliphatic rings. The van der Waals surface area contributed by atoms with Crippen molar-refractivity contribution in [3.05, 3.63) is 53.8 Å². The molecule has 0 saturated heterocycles. The molecule has 0 atom stereocenters. The Kier molecular flexibility index (Phi) is 7.95. The van der Waals surface area contributed by atoms with Gasteiger partial charge in [0.2, 0.25) is 11.8 Å². The number of hydrogen-bond acceptors (Lipinski definition) is 5. The van der Waals surface area contributed by atoms with Crippen LogP contribution in [0.2, 0.25) is 0 Å². The van der Waals surface area contributed by atoms with Gasteiger partial charge in [-0.3, -0.25) is 9.59 Å². The number of anilines is 1. The van der Waals surface area contributed by atoms with Crippen molar-refractivity contribution in [1.29, 1.82) is 0 Å². The first-order valence-electron chi connectivity index (χ1n) is 8.71. The molecule has 148 valence electrons. The zero-order valence-corrected chi connectivity index (χ0v) is 15.7. The van der Waals surface area contributed by atoms with Gasteiger partial charge in [0.1, 0.15) is 12.2 Å². The largest absolute Gasteiger partial charge is 0.493 e. The van der Waals surface area contributed by atoms with Crippen molar-refractivity contribution < 1.29 is 23.5 Å². The van der Waals surface area contributed by atoms with Crippen molar-refractivity contribution in [2.45, 2.75) is 19.8 Å². The molecule has 7 nitrogen and oxygen atoms in total. The van der Waals surface area contributed by atoms with E-state index in [-0.39, 0.29) is 5.69 Å². The van der Waals surface area contributed by atoms with Crippen LogP contribution in [-0.4, -0.2) is 31.7 Å². The minimum atomic E-state index is -0.647. The molecular formula is C20H22FN3O4. The second-order valence-corrected chi connectivity index (χ2v) is 5.73. The Hall–Kier alpha value is -3.42. The lowest BCUT2D eigenvalue weighted by Crippen LogP contribution is -2.25. The van der Waals surface area contributed by atoms with E-state index in [1.807, 2.05) is 6.92 Å². The number of nitrogens with zero attached hydrogens (tertiary/aromatic N) is 1. The van der Waals surface area contributed by atoms with Crippen LogP contribution in [0.25, 0.3) is 0 Å². The minimum Gasteiger partial charge on any atom is -0.493 e. The van der Waals surface area contributed by atoms with Crippen LogP contribution in [0, 0.1) is 5.82 Å². The van der Waals surface area contributed by atoms with Gasteiger partial charge in [0.15, 0.2) is 11.5 Å². The molecule has 0 bridgehead atoms.